The molecule has 4 N–H and O–H groups in total. The number of rotatable bonds is 5. The molecule has 0 saturated heterocycles. The number of H-pyrrole nitrogens is 1. The Labute approximate surface area is 172 Å². The van der Waals surface area contributed by atoms with Crippen molar-refractivity contribution in [2.24, 2.45) is 0 Å². The van der Waals surface area contributed by atoms with Gasteiger partial charge in [-0.1, -0.05) is 40.9 Å². The van der Waals surface area contributed by atoms with E-state index in [0.29, 0.717) is 0 Å². The van der Waals surface area contributed by atoms with Crippen LogP contribution in [0, 0.1) is 11.6 Å². The van der Waals surface area contributed by atoms with E-state index >= 15 is 0 Å². The molecule has 146 valence electrons. The number of nitrogens with zero attached hydrogens (tertiary/aromatic N) is 1. The van der Waals surface area contributed by atoms with Gasteiger partial charge in [-0.2, -0.15) is 0 Å². The second kappa shape index (κ2) is 8.22. The highest BCUT2D eigenvalue weighted by molar-refractivity contribution is 6.33. The number of ether oxygens (including phenoxy) is 1. The zero-order valence-electron chi connectivity index (χ0n) is 13.8. The predicted molar refractivity (Wildman–Crippen MR) is 102 cm³/mol. The van der Waals surface area contributed by atoms with E-state index in [-0.39, 0.29) is 50.2 Å². The highest BCUT2D eigenvalue weighted by atomic mass is 35.5. The zero-order chi connectivity index (χ0) is 20.4. The molecule has 0 saturated carbocycles. The van der Waals surface area contributed by atoms with Crippen molar-refractivity contribution in [2.75, 3.05) is 5.73 Å². The van der Waals surface area contributed by atoms with Crippen molar-refractivity contribution < 1.29 is 18.3 Å². The molecule has 0 fully saturated rings. The molecule has 0 aliphatic heterocycles. The molecule has 0 spiro atoms. The summed E-state index contributed by atoms with van der Waals surface area (Å²) in [6.07, 6.45) is 1.25. The molecule has 1 heterocycles. The quantitative estimate of drug-likeness (QED) is 0.482. The van der Waals surface area contributed by atoms with Gasteiger partial charge in [0.05, 0.1) is 11.3 Å². The molecular formula is C17H11Cl3F2N4O2. The van der Waals surface area contributed by atoms with Crippen LogP contribution in [-0.2, 0) is 6.54 Å². The Bertz CT molecular complexity index is 1060. The minimum atomic E-state index is -0.859. The van der Waals surface area contributed by atoms with E-state index in [9.17, 15) is 13.6 Å². The van der Waals surface area contributed by atoms with Crippen LogP contribution >= 0.6 is 34.8 Å². The number of benzene rings is 2. The third-order valence-electron chi connectivity index (χ3n) is 3.62. The average molecular weight is 448 g/mol. The first-order valence-electron chi connectivity index (χ1n) is 7.64. The van der Waals surface area contributed by atoms with Gasteiger partial charge in [-0.3, -0.25) is 4.79 Å². The van der Waals surface area contributed by atoms with E-state index in [1.165, 1.54) is 24.5 Å². The van der Waals surface area contributed by atoms with Gasteiger partial charge in [0, 0.05) is 23.9 Å². The van der Waals surface area contributed by atoms with Crippen molar-refractivity contribution in [3.63, 3.8) is 0 Å². The van der Waals surface area contributed by atoms with Gasteiger partial charge in [0.25, 0.3) is 5.91 Å². The summed E-state index contributed by atoms with van der Waals surface area (Å²) in [5.74, 6) is -2.86. The summed E-state index contributed by atoms with van der Waals surface area (Å²) >= 11 is 17.6. The lowest BCUT2D eigenvalue weighted by Gasteiger charge is -2.14. The topological polar surface area (TPSA) is 93.0 Å². The third kappa shape index (κ3) is 4.14. The van der Waals surface area contributed by atoms with Crippen LogP contribution in [0.2, 0.25) is 15.2 Å². The smallest absolute Gasteiger partial charge is 0.271 e. The number of carbonyl (C=O) groups is 1. The Morgan fingerprint density at radius 2 is 2.00 bits per heavy atom. The monoisotopic (exact) mass is 446 g/mol. The van der Waals surface area contributed by atoms with E-state index in [0.717, 1.165) is 6.07 Å². The summed E-state index contributed by atoms with van der Waals surface area (Å²) in [7, 11) is 0. The summed E-state index contributed by atoms with van der Waals surface area (Å²) in [6, 6.07) is 4.96. The summed E-state index contributed by atoms with van der Waals surface area (Å²) in [4.78, 5) is 18.3. The van der Waals surface area contributed by atoms with Crippen LogP contribution in [0.5, 0.6) is 11.5 Å². The highest BCUT2D eigenvalue weighted by Crippen LogP contribution is 2.38. The van der Waals surface area contributed by atoms with E-state index in [1.54, 1.807) is 0 Å². The van der Waals surface area contributed by atoms with Crippen LogP contribution in [-0.4, -0.2) is 15.9 Å². The lowest BCUT2D eigenvalue weighted by Crippen LogP contribution is -2.24. The number of nitrogens with one attached hydrogen (secondary N) is 2. The largest absolute Gasteiger partial charge is 0.451 e. The van der Waals surface area contributed by atoms with Crippen molar-refractivity contribution in [1.82, 2.24) is 15.3 Å². The van der Waals surface area contributed by atoms with Crippen molar-refractivity contribution >= 4 is 46.4 Å². The number of carbonyl (C=O) groups excluding carboxylic acids is 1. The molecular weight excluding hydrogens is 437 g/mol. The Hall–Kier alpha value is -2.55. The number of halogens is 5. The number of imidazole rings is 1. The Kier molecular flexibility index (Phi) is 5.93. The molecule has 11 heteroatoms. The maximum absolute atomic E-state index is 14.8. The number of nitrogen functional groups attached to an aromatic ring is 1. The van der Waals surface area contributed by atoms with Gasteiger partial charge in [-0.15, -0.1) is 0 Å². The van der Waals surface area contributed by atoms with Gasteiger partial charge in [0.1, 0.15) is 16.5 Å². The molecule has 0 aliphatic carbocycles. The maximum Gasteiger partial charge on any atom is 0.271 e. The van der Waals surface area contributed by atoms with E-state index in [4.69, 9.17) is 45.3 Å². The number of aromatic nitrogens is 2. The molecule has 3 rings (SSSR count). The van der Waals surface area contributed by atoms with Crippen LogP contribution in [0.15, 0.2) is 30.6 Å². The van der Waals surface area contributed by atoms with Crippen LogP contribution in [0.3, 0.4) is 0 Å². The van der Waals surface area contributed by atoms with E-state index in [2.05, 4.69) is 15.3 Å². The first kappa shape index (κ1) is 20.2. The average Bonchev–Trinajstić information content (AvgIpc) is 3.07. The second-order valence-corrected chi connectivity index (χ2v) is 6.66. The minimum absolute atomic E-state index is 0.0172. The number of hydrogen-bond acceptors (Lipinski definition) is 4. The van der Waals surface area contributed by atoms with Crippen LogP contribution in [0.4, 0.5) is 14.5 Å². The lowest BCUT2D eigenvalue weighted by molar-refractivity contribution is 0.0946. The SMILES string of the molecule is Nc1cc(F)c(Cl)c(Oc2c(Cl)ccc(CNC(=O)c3[nH]cnc3Cl)c2F)c1. The fourth-order valence-electron chi connectivity index (χ4n) is 2.27. The van der Waals surface area contributed by atoms with Gasteiger partial charge < -0.3 is 20.8 Å². The number of amides is 1. The van der Waals surface area contributed by atoms with Crippen LogP contribution in [0.1, 0.15) is 16.1 Å². The van der Waals surface area contributed by atoms with Gasteiger partial charge in [-0.25, -0.2) is 13.8 Å². The molecule has 6 nitrogen and oxygen atoms in total. The summed E-state index contributed by atoms with van der Waals surface area (Å²) in [6.45, 7) is -0.202. The molecule has 3 aromatic rings. The second-order valence-electron chi connectivity index (χ2n) is 5.52. The predicted octanol–water partition coefficient (Wildman–Crippen LogP) is 4.95. The molecule has 2 aromatic carbocycles. The highest BCUT2D eigenvalue weighted by Gasteiger charge is 2.19. The van der Waals surface area contributed by atoms with Crippen LogP contribution in [0.25, 0.3) is 0 Å². The zero-order valence-corrected chi connectivity index (χ0v) is 16.1. The molecule has 0 bridgehead atoms. The summed E-state index contributed by atoms with van der Waals surface area (Å²) < 4.78 is 33.9. The van der Waals surface area contributed by atoms with Gasteiger partial charge in [-0.05, 0) is 12.1 Å². The van der Waals surface area contributed by atoms with Gasteiger partial charge in [0.2, 0.25) is 0 Å². The van der Waals surface area contributed by atoms with Crippen molar-refractivity contribution in [2.45, 2.75) is 6.54 Å². The fraction of sp³-hybridized carbons (Fsp3) is 0.0588. The minimum Gasteiger partial charge on any atom is -0.451 e. The van der Waals surface area contributed by atoms with Crippen LogP contribution < -0.4 is 15.8 Å². The summed E-state index contributed by atoms with van der Waals surface area (Å²) in [5.41, 5.74) is 5.69. The molecule has 0 atom stereocenters. The first-order valence-corrected chi connectivity index (χ1v) is 8.77. The molecule has 0 unspecified atom stereocenters. The molecule has 0 aliphatic rings. The van der Waals surface area contributed by atoms with E-state index in [1.807, 2.05) is 0 Å². The lowest BCUT2D eigenvalue weighted by atomic mass is 10.2. The maximum atomic E-state index is 14.8. The normalized spacial score (nSPS) is 10.8. The molecule has 1 aromatic heterocycles. The number of anilines is 1. The number of hydrogen-bond donors (Lipinski definition) is 3. The molecule has 0 radical (unpaired) electrons. The van der Waals surface area contributed by atoms with Crippen molar-refractivity contribution in [3.05, 3.63) is 68.7 Å². The number of aromatic amines is 1. The van der Waals surface area contributed by atoms with Gasteiger partial charge in [0.15, 0.2) is 22.5 Å². The Balaban J connectivity index is 1.84. The standard InChI is InChI=1S/C17H11Cl3F2N4O2/c18-9-2-1-7(5-24-17(27)14-16(20)26-6-25-14)13(22)15(9)28-11-4-8(23)3-10(21)12(11)19/h1-4,6H,5,23H2,(H,24,27)(H,25,26). The van der Waals surface area contributed by atoms with Gasteiger partial charge >= 0.3 is 0 Å². The number of nitrogens with two attached hydrogens (primary N) is 1. The Morgan fingerprint density at radius 3 is 2.68 bits per heavy atom. The third-order valence-corrected chi connectivity index (χ3v) is 4.57. The molecule has 28 heavy (non-hydrogen) atoms. The molecule has 1 amide bonds. The fourth-order valence-corrected chi connectivity index (χ4v) is 2.79. The Morgan fingerprint density at radius 1 is 1.25 bits per heavy atom. The van der Waals surface area contributed by atoms with E-state index < -0.39 is 17.5 Å². The summed E-state index contributed by atoms with van der Waals surface area (Å²) in [5, 5.41) is 2.01. The van der Waals surface area contributed by atoms with Crippen molar-refractivity contribution in [1.29, 1.82) is 0 Å². The van der Waals surface area contributed by atoms with Crippen molar-refractivity contribution in [3.8, 4) is 11.5 Å². The first-order chi connectivity index (χ1) is 13.3.